The van der Waals surface area contributed by atoms with Crippen molar-refractivity contribution in [2.75, 3.05) is 6.54 Å². The summed E-state index contributed by atoms with van der Waals surface area (Å²) in [6.07, 6.45) is 9.15. The Labute approximate surface area is 106 Å². The monoisotopic (exact) mass is 237 g/mol. The Kier molecular flexibility index (Phi) is 5.93. The van der Waals surface area contributed by atoms with E-state index in [9.17, 15) is 5.11 Å². The third-order valence-corrected chi connectivity index (χ3v) is 3.51. The van der Waals surface area contributed by atoms with Crippen molar-refractivity contribution in [1.82, 2.24) is 4.90 Å². The van der Waals surface area contributed by atoms with Gasteiger partial charge in [-0.25, -0.2) is 0 Å². The summed E-state index contributed by atoms with van der Waals surface area (Å²) in [6.45, 7) is 9.67. The molecule has 0 radical (unpaired) electrons. The molecule has 0 saturated carbocycles. The first-order chi connectivity index (χ1) is 8.11. The number of aliphatic hydroxyl groups is 1. The molecule has 0 bridgehead atoms. The average Bonchev–Trinajstić information content (AvgIpc) is 2.76. The molecule has 1 aliphatic heterocycles. The van der Waals surface area contributed by atoms with Gasteiger partial charge in [-0.15, -0.1) is 0 Å². The smallest absolute Gasteiger partial charge is 0.0942 e. The van der Waals surface area contributed by atoms with Crippen LogP contribution in [0.2, 0.25) is 0 Å². The third kappa shape index (κ3) is 3.68. The van der Waals surface area contributed by atoms with Crippen LogP contribution in [0.15, 0.2) is 23.8 Å². The molecule has 0 aromatic carbocycles. The van der Waals surface area contributed by atoms with E-state index < -0.39 is 0 Å². The Bertz CT molecular complexity index is 281. The molecule has 0 spiro atoms. The van der Waals surface area contributed by atoms with E-state index in [2.05, 4.69) is 31.7 Å². The van der Waals surface area contributed by atoms with Crippen LogP contribution < -0.4 is 0 Å². The van der Waals surface area contributed by atoms with Crippen LogP contribution in [0.4, 0.5) is 0 Å². The number of allylic oxidation sites excluding steroid dienone is 2. The molecule has 2 heteroatoms. The summed E-state index contributed by atoms with van der Waals surface area (Å²) in [5.41, 5.74) is 1.08. The van der Waals surface area contributed by atoms with Crippen molar-refractivity contribution >= 4 is 0 Å². The highest BCUT2D eigenvalue weighted by Crippen LogP contribution is 2.26. The van der Waals surface area contributed by atoms with Crippen molar-refractivity contribution in [1.29, 1.82) is 0 Å². The highest BCUT2D eigenvalue weighted by Gasteiger charge is 2.32. The minimum Gasteiger partial charge on any atom is -0.387 e. The third-order valence-electron chi connectivity index (χ3n) is 3.51. The quantitative estimate of drug-likeness (QED) is 0.743. The zero-order chi connectivity index (χ0) is 12.8. The van der Waals surface area contributed by atoms with Gasteiger partial charge >= 0.3 is 0 Å². The summed E-state index contributed by atoms with van der Waals surface area (Å²) in [5.74, 6) is 0. The lowest BCUT2D eigenvalue weighted by Gasteiger charge is -2.32. The molecule has 98 valence electrons. The number of likely N-dealkylation sites (tertiary alicyclic amines) is 1. The fraction of sp³-hybridized carbons (Fsp3) is 0.733. The van der Waals surface area contributed by atoms with Crippen LogP contribution in [-0.4, -0.2) is 34.7 Å². The molecule has 0 aromatic heterocycles. The summed E-state index contributed by atoms with van der Waals surface area (Å²) in [5, 5.41) is 10.5. The van der Waals surface area contributed by atoms with Gasteiger partial charge in [-0.1, -0.05) is 25.2 Å². The lowest BCUT2D eigenvalue weighted by atomic mass is 9.98. The van der Waals surface area contributed by atoms with Crippen molar-refractivity contribution < 1.29 is 5.11 Å². The lowest BCUT2D eigenvalue weighted by Crippen LogP contribution is -2.43. The van der Waals surface area contributed by atoms with Crippen molar-refractivity contribution in [3.8, 4) is 0 Å². The van der Waals surface area contributed by atoms with Crippen LogP contribution in [0.25, 0.3) is 0 Å². The fourth-order valence-corrected chi connectivity index (χ4v) is 2.73. The van der Waals surface area contributed by atoms with Crippen LogP contribution in [-0.2, 0) is 0 Å². The summed E-state index contributed by atoms with van der Waals surface area (Å²) < 4.78 is 0. The fourth-order valence-electron chi connectivity index (χ4n) is 2.73. The highest BCUT2D eigenvalue weighted by molar-refractivity contribution is 5.24. The van der Waals surface area contributed by atoms with E-state index in [-0.39, 0.29) is 6.10 Å². The molecule has 0 aromatic rings. The molecular weight excluding hydrogens is 210 g/mol. The van der Waals surface area contributed by atoms with E-state index in [1.54, 1.807) is 0 Å². The molecule has 1 fully saturated rings. The standard InChI is InChI=1S/C15H27NO/c1-5-8-13(9-6-2)15(17)14-10-7-11-16(14)12(3)4/h5,8-9,12,14-15,17H,6-7,10-11H2,1-4H3/b8-5-,13-9+. The maximum absolute atomic E-state index is 10.5. The minimum absolute atomic E-state index is 0.295. The molecule has 1 heterocycles. The highest BCUT2D eigenvalue weighted by atomic mass is 16.3. The summed E-state index contributed by atoms with van der Waals surface area (Å²) in [4.78, 5) is 2.43. The molecular formula is C15H27NO. The summed E-state index contributed by atoms with van der Waals surface area (Å²) in [7, 11) is 0. The van der Waals surface area contributed by atoms with Crippen molar-refractivity contribution in [2.45, 2.75) is 65.1 Å². The molecule has 1 rings (SSSR count). The largest absolute Gasteiger partial charge is 0.387 e. The van der Waals surface area contributed by atoms with E-state index in [1.165, 1.54) is 6.42 Å². The van der Waals surface area contributed by atoms with Gasteiger partial charge in [0.2, 0.25) is 0 Å². The first kappa shape index (κ1) is 14.5. The number of nitrogens with zero attached hydrogens (tertiary/aromatic N) is 1. The second-order valence-electron chi connectivity index (χ2n) is 5.10. The van der Waals surface area contributed by atoms with Gasteiger partial charge in [0, 0.05) is 12.1 Å². The number of hydrogen-bond donors (Lipinski definition) is 1. The molecule has 1 saturated heterocycles. The number of hydrogen-bond acceptors (Lipinski definition) is 2. The van der Waals surface area contributed by atoms with Gasteiger partial charge < -0.3 is 5.11 Å². The zero-order valence-electron chi connectivity index (χ0n) is 11.7. The second-order valence-corrected chi connectivity index (χ2v) is 5.10. The van der Waals surface area contributed by atoms with Crippen molar-refractivity contribution in [3.05, 3.63) is 23.8 Å². The SMILES string of the molecule is C/C=C\C(=C/CC)C(O)C1CCCN1C(C)C. The van der Waals surface area contributed by atoms with Gasteiger partial charge in [-0.3, -0.25) is 4.90 Å². The molecule has 2 nitrogen and oxygen atoms in total. The predicted octanol–water partition coefficient (Wildman–Crippen LogP) is 3.13. The summed E-state index contributed by atoms with van der Waals surface area (Å²) >= 11 is 0. The predicted molar refractivity (Wildman–Crippen MR) is 74.1 cm³/mol. The topological polar surface area (TPSA) is 23.5 Å². The van der Waals surface area contributed by atoms with Gasteiger partial charge in [0.25, 0.3) is 0 Å². The molecule has 1 aliphatic rings. The normalized spacial score (nSPS) is 25.1. The lowest BCUT2D eigenvalue weighted by molar-refractivity contribution is 0.0825. The average molecular weight is 237 g/mol. The Morgan fingerprint density at radius 1 is 1.47 bits per heavy atom. The summed E-state index contributed by atoms with van der Waals surface area (Å²) in [6, 6.07) is 0.814. The van der Waals surface area contributed by atoms with E-state index in [0.29, 0.717) is 12.1 Å². The Morgan fingerprint density at radius 2 is 2.18 bits per heavy atom. The molecule has 1 N–H and O–H groups in total. The number of aliphatic hydroxyl groups excluding tert-OH is 1. The van der Waals surface area contributed by atoms with Crippen LogP contribution in [0.3, 0.4) is 0 Å². The van der Waals surface area contributed by atoms with Gasteiger partial charge in [-0.2, -0.15) is 0 Å². The van der Waals surface area contributed by atoms with Crippen molar-refractivity contribution in [2.24, 2.45) is 0 Å². The first-order valence-electron chi connectivity index (χ1n) is 6.88. The van der Waals surface area contributed by atoms with Crippen LogP contribution >= 0.6 is 0 Å². The van der Waals surface area contributed by atoms with E-state index in [4.69, 9.17) is 0 Å². The van der Waals surface area contributed by atoms with Crippen LogP contribution in [0.1, 0.15) is 47.0 Å². The maximum Gasteiger partial charge on any atom is 0.0942 e. The minimum atomic E-state index is -0.337. The molecule has 17 heavy (non-hydrogen) atoms. The van der Waals surface area contributed by atoms with Gasteiger partial charge in [-0.05, 0) is 52.2 Å². The van der Waals surface area contributed by atoms with E-state index in [0.717, 1.165) is 25.0 Å². The Morgan fingerprint density at radius 3 is 2.71 bits per heavy atom. The maximum atomic E-state index is 10.5. The van der Waals surface area contributed by atoms with Gasteiger partial charge in [0.15, 0.2) is 0 Å². The Hall–Kier alpha value is -0.600. The van der Waals surface area contributed by atoms with Gasteiger partial charge in [0.05, 0.1) is 6.10 Å². The zero-order valence-corrected chi connectivity index (χ0v) is 11.7. The van der Waals surface area contributed by atoms with Crippen molar-refractivity contribution in [3.63, 3.8) is 0 Å². The molecule has 0 aliphatic carbocycles. The molecule has 0 amide bonds. The Balaban J connectivity index is 2.79. The first-order valence-corrected chi connectivity index (χ1v) is 6.88. The number of rotatable bonds is 5. The molecule has 2 atom stereocenters. The van der Waals surface area contributed by atoms with Gasteiger partial charge in [0.1, 0.15) is 0 Å². The second kappa shape index (κ2) is 6.97. The van der Waals surface area contributed by atoms with E-state index >= 15 is 0 Å². The van der Waals surface area contributed by atoms with Crippen LogP contribution in [0, 0.1) is 0 Å². The van der Waals surface area contributed by atoms with Crippen LogP contribution in [0.5, 0.6) is 0 Å². The van der Waals surface area contributed by atoms with E-state index in [1.807, 2.05) is 19.1 Å². The molecule has 2 unspecified atom stereocenters.